The van der Waals surface area contributed by atoms with E-state index in [-0.39, 0.29) is 17.9 Å². The number of carbonyl (C=O) groups excluding carboxylic acids is 1. The monoisotopic (exact) mass is 399 g/mol. The lowest BCUT2D eigenvalue weighted by atomic mass is 10.1. The van der Waals surface area contributed by atoms with Crippen molar-refractivity contribution in [3.05, 3.63) is 65.0 Å². The zero-order valence-electron chi connectivity index (χ0n) is 17.5. The third kappa shape index (κ3) is 7.81. The Morgan fingerprint density at radius 1 is 1.07 bits per heavy atom. The summed E-state index contributed by atoms with van der Waals surface area (Å²) in [6, 6.07) is 12.6. The number of urea groups is 1. The average Bonchev–Trinajstić information content (AvgIpc) is 2.67. The fraction of sp³-hybridized carbons (Fsp3) is 0.364. The van der Waals surface area contributed by atoms with Crippen LogP contribution in [0.2, 0.25) is 0 Å². The summed E-state index contributed by atoms with van der Waals surface area (Å²) in [5, 5.41) is 12.0. The van der Waals surface area contributed by atoms with Gasteiger partial charge in [0, 0.05) is 24.8 Å². The van der Waals surface area contributed by atoms with E-state index in [1.54, 1.807) is 13.0 Å². The minimum Gasteiger partial charge on any atom is -0.357 e. The second kappa shape index (κ2) is 11.0. The Morgan fingerprint density at radius 3 is 2.38 bits per heavy atom. The number of aryl methyl sites for hydroxylation is 1. The summed E-state index contributed by atoms with van der Waals surface area (Å²) in [5.41, 5.74) is 3.23. The maximum absolute atomic E-state index is 13.7. The molecule has 0 fully saturated rings. The molecule has 0 aliphatic carbocycles. The number of nitrogens with one attached hydrogen (secondary N) is 4. The van der Waals surface area contributed by atoms with Crippen molar-refractivity contribution in [2.75, 3.05) is 11.9 Å². The summed E-state index contributed by atoms with van der Waals surface area (Å²) >= 11 is 0. The van der Waals surface area contributed by atoms with Crippen LogP contribution >= 0.6 is 0 Å². The zero-order chi connectivity index (χ0) is 21.2. The number of nitrogens with zero attached hydrogens (tertiary/aromatic N) is 1. The first-order chi connectivity index (χ1) is 13.9. The third-order valence-electron chi connectivity index (χ3n) is 4.09. The number of anilines is 1. The van der Waals surface area contributed by atoms with Gasteiger partial charge in [-0.15, -0.1) is 0 Å². The Labute approximate surface area is 172 Å². The van der Waals surface area contributed by atoms with E-state index in [0.717, 1.165) is 23.4 Å². The lowest BCUT2D eigenvalue weighted by Gasteiger charge is -2.13. The number of aliphatic imine (C=N–C) groups is 1. The van der Waals surface area contributed by atoms with Crippen LogP contribution in [0, 0.1) is 12.7 Å². The predicted octanol–water partition coefficient (Wildman–Crippen LogP) is 3.92. The highest BCUT2D eigenvalue weighted by Crippen LogP contribution is 2.11. The fourth-order valence-corrected chi connectivity index (χ4v) is 2.57. The topological polar surface area (TPSA) is 77.6 Å². The highest BCUT2D eigenvalue weighted by Gasteiger charge is 2.04. The number of benzene rings is 2. The van der Waals surface area contributed by atoms with E-state index in [0.29, 0.717) is 24.6 Å². The summed E-state index contributed by atoms with van der Waals surface area (Å²) in [7, 11) is 0. The molecule has 6 nitrogen and oxygen atoms in total. The average molecular weight is 400 g/mol. The van der Waals surface area contributed by atoms with E-state index in [1.807, 2.05) is 51.1 Å². The first-order valence-electron chi connectivity index (χ1n) is 9.81. The van der Waals surface area contributed by atoms with Crippen molar-refractivity contribution < 1.29 is 9.18 Å². The molecule has 0 radical (unpaired) electrons. The van der Waals surface area contributed by atoms with E-state index >= 15 is 0 Å². The molecule has 0 aromatic heterocycles. The van der Waals surface area contributed by atoms with Gasteiger partial charge in [-0.25, -0.2) is 14.2 Å². The molecule has 0 bridgehead atoms. The van der Waals surface area contributed by atoms with E-state index in [9.17, 15) is 9.18 Å². The van der Waals surface area contributed by atoms with Crippen molar-refractivity contribution in [3.8, 4) is 0 Å². The molecule has 7 heteroatoms. The molecule has 29 heavy (non-hydrogen) atoms. The second-order valence-corrected chi connectivity index (χ2v) is 7.08. The van der Waals surface area contributed by atoms with Gasteiger partial charge in [0.25, 0.3) is 0 Å². The number of carbonyl (C=O) groups is 1. The van der Waals surface area contributed by atoms with E-state index in [2.05, 4.69) is 26.3 Å². The van der Waals surface area contributed by atoms with Crippen molar-refractivity contribution in [1.82, 2.24) is 16.0 Å². The van der Waals surface area contributed by atoms with Crippen molar-refractivity contribution in [2.45, 2.75) is 46.8 Å². The number of hydrogen-bond donors (Lipinski definition) is 4. The molecule has 156 valence electrons. The Kier molecular flexibility index (Phi) is 8.45. The molecular weight excluding hydrogens is 369 g/mol. The van der Waals surface area contributed by atoms with Gasteiger partial charge < -0.3 is 21.3 Å². The van der Waals surface area contributed by atoms with Crippen LogP contribution < -0.4 is 21.3 Å². The molecule has 0 aliphatic rings. The summed E-state index contributed by atoms with van der Waals surface area (Å²) in [6.45, 7) is 9.24. The molecule has 2 rings (SSSR count). The van der Waals surface area contributed by atoms with Crippen molar-refractivity contribution >= 4 is 17.7 Å². The Balaban J connectivity index is 1.92. The summed E-state index contributed by atoms with van der Waals surface area (Å²) in [6.07, 6.45) is 0. The third-order valence-corrected chi connectivity index (χ3v) is 4.09. The normalized spacial score (nSPS) is 11.3. The van der Waals surface area contributed by atoms with E-state index < -0.39 is 0 Å². The van der Waals surface area contributed by atoms with Gasteiger partial charge in [0.1, 0.15) is 5.82 Å². The number of amides is 2. The maximum Gasteiger partial charge on any atom is 0.319 e. The number of halogens is 1. The van der Waals surface area contributed by atoms with Gasteiger partial charge >= 0.3 is 6.03 Å². The molecule has 0 unspecified atom stereocenters. The Morgan fingerprint density at radius 2 is 1.76 bits per heavy atom. The number of guanidine groups is 1. The van der Waals surface area contributed by atoms with Gasteiger partial charge in [-0.1, -0.05) is 24.3 Å². The summed E-state index contributed by atoms with van der Waals surface area (Å²) in [5.74, 6) is 0.443. The maximum atomic E-state index is 13.7. The predicted molar refractivity (Wildman–Crippen MR) is 117 cm³/mol. The molecule has 0 atom stereocenters. The van der Waals surface area contributed by atoms with Crippen LogP contribution in [0.5, 0.6) is 0 Å². The molecule has 2 aromatic rings. The molecule has 0 spiro atoms. The molecule has 2 amide bonds. The minimum absolute atomic E-state index is 0.0821. The Hall–Kier alpha value is -3.09. The van der Waals surface area contributed by atoms with Gasteiger partial charge in [-0.3, -0.25) is 0 Å². The van der Waals surface area contributed by atoms with Crippen molar-refractivity contribution in [1.29, 1.82) is 0 Å². The van der Waals surface area contributed by atoms with Gasteiger partial charge in [0.15, 0.2) is 5.96 Å². The van der Waals surface area contributed by atoms with Gasteiger partial charge in [-0.2, -0.15) is 0 Å². The van der Waals surface area contributed by atoms with Gasteiger partial charge in [-0.05, 0) is 62.6 Å². The highest BCUT2D eigenvalue weighted by atomic mass is 19.1. The Bertz CT molecular complexity index is 834. The lowest BCUT2D eigenvalue weighted by Crippen LogP contribution is -2.36. The van der Waals surface area contributed by atoms with Crippen LogP contribution in [-0.2, 0) is 13.1 Å². The first-order valence-corrected chi connectivity index (χ1v) is 9.81. The van der Waals surface area contributed by atoms with Crippen molar-refractivity contribution in [2.24, 2.45) is 4.99 Å². The van der Waals surface area contributed by atoms with Crippen molar-refractivity contribution in [3.63, 3.8) is 0 Å². The smallest absolute Gasteiger partial charge is 0.319 e. The number of rotatable bonds is 7. The minimum atomic E-state index is -0.222. The molecule has 0 saturated heterocycles. The van der Waals surface area contributed by atoms with Crippen LogP contribution in [0.1, 0.15) is 37.5 Å². The molecule has 0 aliphatic heterocycles. The van der Waals surface area contributed by atoms with Crippen LogP contribution in [-0.4, -0.2) is 24.6 Å². The molecule has 2 aromatic carbocycles. The summed E-state index contributed by atoms with van der Waals surface area (Å²) < 4.78 is 13.7. The second-order valence-electron chi connectivity index (χ2n) is 7.08. The zero-order valence-corrected chi connectivity index (χ0v) is 17.5. The lowest BCUT2D eigenvalue weighted by molar-refractivity contribution is 0.250. The van der Waals surface area contributed by atoms with Crippen LogP contribution in [0.15, 0.2) is 47.5 Å². The van der Waals surface area contributed by atoms with Crippen LogP contribution in [0.3, 0.4) is 0 Å². The SMILES string of the molecule is CCNC(=NCc1ccc(C)c(F)c1)NCc1ccc(NC(=O)NC(C)C)cc1. The highest BCUT2D eigenvalue weighted by molar-refractivity contribution is 5.89. The molecular formula is C22H30FN5O. The fourth-order valence-electron chi connectivity index (χ4n) is 2.57. The molecule has 0 saturated carbocycles. The molecule has 0 heterocycles. The number of hydrogen-bond acceptors (Lipinski definition) is 2. The van der Waals surface area contributed by atoms with Crippen LogP contribution in [0.4, 0.5) is 14.9 Å². The molecule has 4 N–H and O–H groups in total. The van der Waals surface area contributed by atoms with E-state index in [4.69, 9.17) is 0 Å². The standard InChI is InChI=1S/C22H30FN5O/c1-5-24-21(26-14-18-7-6-16(4)20(23)12-18)25-13-17-8-10-19(11-9-17)28-22(29)27-15(2)3/h6-12,15H,5,13-14H2,1-4H3,(H2,24,25,26)(H2,27,28,29). The van der Waals surface area contributed by atoms with Crippen LogP contribution in [0.25, 0.3) is 0 Å². The van der Waals surface area contributed by atoms with Gasteiger partial charge in [0.2, 0.25) is 0 Å². The largest absolute Gasteiger partial charge is 0.357 e. The first kappa shape index (κ1) is 22.2. The van der Waals surface area contributed by atoms with E-state index in [1.165, 1.54) is 6.07 Å². The van der Waals surface area contributed by atoms with Gasteiger partial charge in [0.05, 0.1) is 6.54 Å². The summed E-state index contributed by atoms with van der Waals surface area (Å²) in [4.78, 5) is 16.3. The quantitative estimate of drug-likeness (QED) is 0.421.